The summed E-state index contributed by atoms with van der Waals surface area (Å²) in [5, 5.41) is 0. The number of hydrogen-bond donors (Lipinski definition) is 0. The number of carbonyl (C=O) groups excluding carboxylic acids is 1. The van der Waals surface area contributed by atoms with Crippen LogP contribution in [0.4, 0.5) is 11.8 Å². The van der Waals surface area contributed by atoms with Gasteiger partial charge in [0.1, 0.15) is 17.4 Å². The molecule has 5 rings (SSSR count). The quantitative estimate of drug-likeness (QED) is 0.699. The summed E-state index contributed by atoms with van der Waals surface area (Å²) < 4.78 is 5.92. The van der Waals surface area contributed by atoms with E-state index in [1.807, 2.05) is 58.5 Å². The number of piperazine rings is 1. The summed E-state index contributed by atoms with van der Waals surface area (Å²) >= 11 is 0. The van der Waals surface area contributed by atoms with Gasteiger partial charge in [-0.25, -0.2) is 4.98 Å². The molecule has 0 aliphatic carbocycles. The second-order valence-electron chi connectivity index (χ2n) is 7.32. The van der Waals surface area contributed by atoms with Crippen molar-refractivity contribution < 1.29 is 9.21 Å². The smallest absolute Gasteiger partial charge is 0.299 e. The number of oxazole rings is 1. The van der Waals surface area contributed by atoms with E-state index in [1.54, 1.807) is 0 Å². The van der Waals surface area contributed by atoms with Crippen LogP contribution in [-0.2, 0) is 4.79 Å². The number of amides is 1. The molecule has 2 aliphatic heterocycles. The first kappa shape index (κ1) is 17.0. The van der Waals surface area contributed by atoms with Gasteiger partial charge >= 0.3 is 0 Å². The molecule has 1 atom stereocenters. The van der Waals surface area contributed by atoms with Crippen molar-refractivity contribution in [2.45, 2.75) is 18.9 Å². The minimum Gasteiger partial charge on any atom is -0.423 e. The van der Waals surface area contributed by atoms with E-state index in [0.717, 1.165) is 49.4 Å². The van der Waals surface area contributed by atoms with E-state index < -0.39 is 0 Å². The van der Waals surface area contributed by atoms with Crippen LogP contribution < -0.4 is 9.80 Å². The molecule has 0 unspecified atom stereocenters. The van der Waals surface area contributed by atoms with Crippen LogP contribution in [0.2, 0.25) is 0 Å². The molecule has 2 aromatic heterocycles. The highest BCUT2D eigenvalue weighted by molar-refractivity contribution is 5.86. The van der Waals surface area contributed by atoms with Crippen LogP contribution in [0, 0.1) is 0 Å². The molecule has 28 heavy (non-hydrogen) atoms. The molecule has 1 aromatic carbocycles. The summed E-state index contributed by atoms with van der Waals surface area (Å²) in [5.41, 5.74) is 1.60. The van der Waals surface area contributed by atoms with Crippen LogP contribution in [0.5, 0.6) is 0 Å². The Labute approximate surface area is 163 Å². The molecular weight excluding hydrogens is 354 g/mol. The van der Waals surface area contributed by atoms with Crippen molar-refractivity contribution in [2.24, 2.45) is 0 Å². The predicted molar refractivity (Wildman–Crippen MR) is 107 cm³/mol. The number of carbonyl (C=O) groups is 1. The molecule has 2 saturated heterocycles. The van der Waals surface area contributed by atoms with Crippen molar-refractivity contribution in [1.82, 2.24) is 14.9 Å². The molecular formula is C21H23N5O2. The Kier molecular flexibility index (Phi) is 4.35. The maximum absolute atomic E-state index is 13.2. The Morgan fingerprint density at radius 2 is 1.82 bits per heavy atom. The van der Waals surface area contributed by atoms with Gasteiger partial charge < -0.3 is 19.1 Å². The summed E-state index contributed by atoms with van der Waals surface area (Å²) in [6.07, 6.45) is 3.63. The van der Waals surface area contributed by atoms with E-state index in [1.165, 1.54) is 0 Å². The van der Waals surface area contributed by atoms with Crippen LogP contribution in [-0.4, -0.2) is 59.5 Å². The highest BCUT2D eigenvalue weighted by Gasteiger charge is 2.37. The Morgan fingerprint density at radius 1 is 1.00 bits per heavy atom. The summed E-state index contributed by atoms with van der Waals surface area (Å²) in [6.45, 7) is 3.84. The van der Waals surface area contributed by atoms with Gasteiger partial charge in [-0.15, -0.1) is 0 Å². The molecule has 0 spiro atoms. The minimum absolute atomic E-state index is 0.181. The number of para-hydroxylation sites is 2. The lowest BCUT2D eigenvalue weighted by Crippen LogP contribution is -2.54. The molecule has 7 heteroatoms. The van der Waals surface area contributed by atoms with E-state index in [2.05, 4.69) is 14.9 Å². The van der Waals surface area contributed by atoms with Gasteiger partial charge in [-0.05, 0) is 37.1 Å². The van der Waals surface area contributed by atoms with Gasteiger partial charge in [-0.1, -0.05) is 18.2 Å². The fraction of sp³-hybridized carbons (Fsp3) is 0.381. The van der Waals surface area contributed by atoms with Crippen LogP contribution in [0.25, 0.3) is 11.1 Å². The van der Waals surface area contributed by atoms with Crippen molar-refractivity contribution in [3.8, 4) is 0 Å². The van der Waals surface area contributed by atoms with Crippen LogP contribution in [0.3, 0.4) is 0 Å². The number of nitrogens with zero attached hydrogens (tertiary/aromatic N) is 5. The fourth-order valence-corrected chi connectivity index (χ4v) is 4.14. The maximum Gasteiger partial charge on any atom is 0.299 e. The molecule has 0 saturated carbocycles. The van der Waals surface area contributed by atoms with Gasteiger partial charge in [0.05, 0.1) is 0 Å². The van der Waals surface area contributed by atoms with Crippen molar-refractivity contribution in [2.75, 3.05) is 42.5 Å². The van der Waals surface area contributed by atoms with Crippen molar-refractivity contribution in [3.63, 3.8) is 0 Å². The van der Waals surface area contributed by atoms with Crippen molar-refractivity contribution in [1.29, 1.82) is 0 Å². The molecule has 4 heterocycles. The van der Waals surface area contributed by atoms with Gasteiger partial charge in [-0.3, -0.25) is 4.79 Å². The number of benzene rings is 1. The molecule has 0 N–H and O–H groups in total. The highest BCUT2D eigenvalue weighted by Crippen LogP contribution is 2.29. The largest absolute Gasteiger partial charge is 0.423 e. The molecule has 0 radical (unpaired) electrons. The molecule has 1 amide bonds. The molecule has 2 aliphatic rings. The first-order valence-electron chi connectivity index (χ1n) is 9.86. The van der Waals surface area contributed by atoms with Crippen molar-refractivity contribution >= 4 is 28.8 Å². The van der Waals surface area contributed by atoms with Gasteiger partial charge in [0, 0.05) is 38.9 Å². The van der Waals surface area contributed by atoms with E-state index in [0.29, 0.717) is 19.1 Å². The summed E-state index contributed by atoms with van der Waals surface area (Å²) in [5.74, 6) is 1.16. The van der Waals surface area contributed by atoms with Crippen molar-refractivity contribution in [3.05, 3.63) is 48.7 Å². The average molecular weight is 377 g/mol. The van der Waals surface area contributed by atoms with Crippen LogP contribution in [0.1, 0.15) is 12.8 Å². The first-order chi connectivity index (χ1) is 13.8. The van der Waals surface area contributed by atoms with Gasteiger partial charge in [0.2, 0.25) is 5.91 Å². The SMILES string of the molecule is O=C([C@H]1CCCN1c1nc2ccccc2o1)N1CCN(c2ccccn2)CC1. The number of fused-ring (bicyclic) bond motifs is 1. The first-order valence-corrected chi connectivity index (χ1v) is 9.86. The third kappa shape index (κ3) is 3.06. The Bertz CT molecular complexity index is 932. The lowest BCUT2D eigenvalue weighted by molar-refractivity contribution is -0.132. The number of rotatable bonds is 3. The van der Waals surface area contributed by atoms with Crippen LogP contribution >= 0.6 is 0 Å². The Balaban J connectivity index is 1.28. The lowest BCUT2D eigenvalue weighted by atomic mass is 10.1. The normalized spacial score (nSPS) is 20.1. The summed E-state index contributed by atoms with van der Waals surface area (Å²) in [6, 6.07) is 14.0. The van der Waals surface area contributed by atoms with E-state index in [-0.39, 0.29) is 11.9 Å². The Morgan fingerprint density at radius 3 is 2.61 bits per heavy atom. The van der Waals surface area contributed by atoms with E-state index in [9.17, 15) is 4.79 Å². The zero-order valence-electron chi connectivity index (χ0n) is 15.7. The maximum atomic E-state index is 13.2. The lowest BCUT2D eigenvalue weighted by Gasteiger charge is -2.37. The van der Waals surface area contributed by atoms with Crippen LogP contribution in [0.15, 0.2) is 53.1 Å². The zero-order valence-corrected chi connectivity index (χ0v) is 15.7. The standard InChI is InChI=1S/C21H23N5O2/c27-20(25-14-12-24(13-15-25)19-9-3-4-10-22-19)17-7-5-11-26(17)21-23-16-6-1-2-8-18(16)28-21/h1-4,6,8-10,17H,5,7,11-15H2/t17-/m1/s1. The van der Waals surface area contributed by atoms with E-state index >= 15 is 0 Å². The second kappa shape index (κ2) is 7.14. The Hall–Kier alpha value is -3.09. The fourth-order valence-electron chi connectivity index (χ4n) is 4.14. The molecule has 7 nitrogen and oxygen atoms in total. The van der Waals surface area contributed by atoms with Gasteiger partial charge in [0.25, 0.3) is 6.01 Å². The van der Waals surface area contributed by atoms with Gasteiger partial charge in [0.15, 0.2) is 5.58 Å². The minimum atomic E-state index is -0.186. The molecule has 0 bridgehead atoms. The number of pyridine rings is 1. The second-order valence-corrected chi connectivity index (χ2v) is 7.32. The third-order valence-electron chi connectivity index (χ3n) is 5.63. The molecule has 3 aromatic rings. The van der Waals surface area contributed by atoms with E-state index in [4.69, 9.17) is 4.42 Å². The number of anilines is 2. The summed E-state index contributed by atoms with van der Waals surface area (Å²) in [4.78, 5) is 28.5. The molecule has 2 fully saturated rings. The highest BCUT2D eigenvalue weighted by atomic mass is 16.4. The average Bonchev–Trinajstić information content (AvgIpc) is 3.41. The monoisotopic (exact) mass is 377 g/mol. The topological polar surface area (TPSA) is 65.7 Å². The zero-order chi connectivity index (χ0) is 18.9. The molecule has 144 valence electrons. The summed E-state index contributed by atoms with van der Waals surface area (Å²) in [7, 11) is 0. The third-order valence-corrected chi connectivity index (χ3v) is 5.63. The predicted octanol–water partition coefficient (Wildman–Crippen LogP) is 2.54. The number of aromatic nitrogens is 2. The number of hydrogen-bond acceptors (Lipinski definition) is 6. The van der Waals surface area contributed by atoms with Gasteiger partial charge in [-0.2, -0.15) is 4.98 Å².